The van der Waals surface area contributed by atoms with Crippen molar-refractivity contribution in [2.24, 2.45) is 0 Å². The van der Waals surface area contributed by atoms with Crippen LogP contribution in [0.25, 0.3) is 11.6 Å². The molecule has 0 saturated carbocycles. The summed E-state index contributed by atoms with van der Waals surface area (Å²) in [5.74, 6) is 1.32. The molecule has 8 heteroatoms. The third kappa shape index (κ3) is 3.53. The Morgan fingerprint density at radius 1 is 1.36 bits per heavy atom. The molecule has 3 heterocycles. The zero-order chi connectivity index (χ0) is 17.9. The first-order valence-electron chi connectivity index (χ1n) is 8.59. The molecular weight excluding hydrogens is 322 g/mol. The number of rotatable bonds is 6. The van der Waals surface area contributed by atoms with Gasteiger partial charge in [-0.2, -0.15) is 4.98 Å². The number of nitrogens with zero attached hydrogens (tertiary/aromatic N) is 5. The molecule has 0 aliphatic carbocycles. The van der Waals surface area contributed by atoms with Crippen molar-refractivity contribution in [3.8, 4) is 11.6 Å². The van der Waals surface area contributed by atoms with E-state index < -0.39 is 0 Å². The summed E-state index contributed by atoms with van der Waals surface area (Å²) in [6, 6.07) is 1.73. The lowest BCUT2D eigenvalue weighted by Crippen LogP contribution is -2.40. The highest BCUT2D eigenvalue weighted by atomic mass is 16.5. The smallest absolute Gasteiger partial charge is 0.251 e. The summed E-state index contributed by atoms with van der Waals surface area (Å²) < 4.78 is 11.0. The van der Waals surface area contributed by atoms with Crippen LogP contribution in [0.5, 0.6) is 0 Å². The fourth-order valence-corrected chi connectivity index (χ4v) is 3.07. The predicted octanol–water partition coefficient (Wildman–Crippen LogP) is 1.83. The molecule has 0 spiro atoms. The molecule has 1 saturated heterocycles. The minimum absolute atomic E-state index is 0.0270. The van der Waals surface area contributed by atoms with Gasteiger partial charge in [0, 0.05) is 32.1 Å². The van der Waals surface area contributed by atoms with E-state index in [1.54, 1.807) is 18.5 Å². The van der Waals surface area contributed by atoms with Gasteiger partial charge in [-0.15, -0.1) is 0 Å². The highest BCUT2D eigenvalue weighted by Gasteiger charge is 2.43. The van der Waals surface area contributed by atoms with Crippen LogP contribution in [0.15, 0.2) is 23.0 Å². The molecule has 1 aliphatic rings. The molecule has 1 aliphatic heterocycles. The normalized spacial score (nSPS) is 21.5. The molecule has 25 heavy (non-hydrogen) atoms. The van der Waals surface area contributed by atoms with Crippen LogP contribution in [0.4, 0.5) is 0 Å². The maximum atomic E-state index is 12.6. The lowest BCUT2D eigenvalue weighted by Gasteiger charge is -2.24. The van der Waals surface area contributed by atoms with E-state index in [9.17, 15) is 4.79 Å². The zero-order valence-electron chi connectivity index (χ0n) is 14.8. The lowest BCUT2D eigenvalue weighted by molar-refractivity contribution is -0.142. The number of likely N-dealkylation sites (tertiary alicyclic amines) is 1. The van der Waals surface area contributed by atoms with Gasteiger partial charge in [0.2, 0.25) is 17.5 Å². The summed E-state index contributed by atoms with van der Waals surface area (Å²) in [5.41, 5.74) is -0.375. The van der Waals surface area contributed by atoms with Crippen molar-refractivity contribution in [1.29, 1.82) is 0 Å². The Labute approximate surface area is 146 Å². The van der Waals surface area contributed by atoms with Gasteiger partial charge in [0.25, 0.3) is 5.91 Å². The summed E-state index contributed by atoms with van der Waals surface area (Å²) in [4.78, 5) is 27.2. The summed E-state index contributed by atoms with van der Waals surface area (Å²) >= 11 is 0. The summed E-state index contributed by atoms with van der Waals surface area (Å²) in [6.45, 7) is 7.60. The Morgan fingerprint density at radius 3 is 2.80 bits per heavy atom. The molecule has 0 N–H and O–H groups in total. The number of carbonyl (C=O) groups excluding carboxylic acids is 1. The molecule has 2 unspecified atom stereocenters. The average Bonchev–Trinajstić information content (AvgIpc) is 3.28. The second-order valence-corrected chi connectivity index (χ2v) is 6.42. The molecule has 0 radical (unpaired) electrons. The number of hydrogen-bond donors (Lipinski definition) is 0. The van der Waals surface area contributed by atoms with Gasteiger partial charge in [0.1, 0.15) is 6.10 Å². The number of ether oxygens (including phenoxy) is 1. The number of amides is 1. The van der Waals surface area contributed by atoms with Gasteiger partial charge < -0.3 is 14.2 Å². The molecule has 0 aromatic carbocycles. The van der Waals surface area contributed by atoms with E-state index in [1.165, 1.54) is 0 Å². The first-order valence-corrected chi connectivity index (χ1v) is 8.59. The Kier molecular flexibility index (Phi) is 5.08. The van der Waals surface area contributed by atoms with Gasteiger partial charge in [0.15, 0.2) is 0 Å². The van der Waals surface area contributed by atoms with Crippen molar-refractivity contribution in [3.05, 3.63) is 24.4 Å². The van der Waals surface area contributed by atoms with Crippen LogP contribution in [0.2, 0.25) is 0 Å². The quantitative estimate of drug-likeness (QED) is 0.788. The maximum absolute atomic E-state index is 12.6. The predicted molar refractivity (Wildman–Crippen MR) is 89.6 cm³/mol. The van der Waals surface area contributed by atoms with Crippen LogP contribution < -0.4 is 0 Å². The first-order chi connectivity index (χ1) is 12.1. The van der Waals surface area contributed by atoms with Gasteiger partial charge in [-0.25, -0.2) is 9.97 Å². The van der Waals surface area contributed by atoms with Gasteiger partial charge in [0.05, 0.1) is 5.41 Å². The Balaban J connectivity index is 1.74. The van der Waals surface area contributed by atoms with Gasteiger partial charge in [-0.1, -0.05) is 12.1 Å². The number of aromatic nitrogens is 4. The van der Waals surface area contributed by atoms with Gasteiger partial charge >= 0.3 is 0 Å². The van der Waals surface area contributed by atoms with Crippen molar-refractivity contribution in [2.45, 2.75) is 45.1 Å². The summed E-state index contributed by atoms with van der Waals surface area (Å²) in [6.07, 6.45) is 4.31. The molecule has 134 valence electrons. The summed E-state index contributed by atoms with van der Waals surface area (Å²) in [5, 5.41) is 3.99. The second kappa shape index (κ2) is 7.26. The van der Waals surface area contributed by atoms with Crippen molar-refractivity contribution in [2.75, 3.05) is 19.7 Å². The van der Waals surface area contributed by atoms with Crippen LogP contribution in [-0.4, -0.2) is 56.7 Å². The third-order valence-corrected chi connectivity index (χ3v) is 4.51. The highest BCUT2D eigenvalue weighted by Crippen LogP contribution is 2.34. The van der Waals surface area contributed by atoms with Crippen LogP contribution >= 0.6 is 0 Å². The van der Waals surface area contributed by atoms with E-state index in [4.69, 9.17) is 9.26 Å². The van der Waals surface area contributed by atoms with E-state index in [0.29, 0.717) is 43.7 Å². The Morgan fingerprint density at radius 2 is 2.12 bits per heavy atom. The lowest BCUT2D eigenvalue weighted by atomic mass is 9.90. The first kappa shape index (κ1) is 17.5. The molecule has 2 aromatic heterocycles. The van der Waals surface area contributed by atoms with Crippen LogP contribution in [0.1, 0.15) is 39.5 Å². The zero-order valence-corrected chi connectivity index (χ0v) is 14.8. The van der Waals surface area contributed by atoms with Crippen molar-refractivity contribution < 1.29 is 14.1 Å². The van der Waals surface area contributed by atoms with Crippen LogP contribution in [0.3, 0.4) is 0 Å². The monoisotopic (exact) mass is 345 g/mol. The van der Waals surface area contributed by atoms with Crippen molar-refractivity contribution >= 4 is 5.91 Å². The van der Waals surface area contributed by atoms with Gasteiger partial charge in [-0.3, -0.25) is 4.79 Å². The molecular formula is C17H23N5O3. The molecule has 3 rings (SSSR count). The largest absolute Gasteiger partial charge is 0.369 e. The van der Waals surface area contributed by atoms with E-state index in [-0.39, 0.29) is 17.4 Å². The fourth-order valence-electron chi connectivity index (χ4n) is 3.07. The SMILES string of the molecule is CCOC(CC)C(=O)N1CCC(C)(c2nc(-c3ncccn3)no2)C1. The van der Waals surface area contributed by atoms with Crippen LogP contribution in [-0.2, 0) is 14.9 Å². The van der Waals surface area contributed by atoms with E-state index in [0.717, 1.165) is 6.42 Å². The van der Waals surface area contributed by atoms with Crippen LogP contribution in [0, 0.1) is 0 Å². The van der Waals surface area contributed by atoms with Gasteiger partial charge in [-0.05, 0) is 32.8 Å². The molecule has 8 nitrogen and oxygen atoms in total. The molecule has 1 amide bonds. The minimum Gasteiger partial charge on any atom is -0.369 e. The third-order valence-electron chi connectivity index (χ3n) is 4.51. The number of carbonyl (C=O) groups is 1. The molecule has 1 fully saturated rings. The van der Waals surface area contributed by atoms with E-state index >= 15 is 0 Å². The van der Waals surface area contributed by atoms with Crippen molar-refractivity contribution in [1.82, 2.24) is 25.0 Å². The Bertz CT molecular complexity index is 720. The fraction of sp³-hybridized carbons (Fsp3) is 0.588. The minimum atomic E-state index is -0.386. The van der Waals surface area contributed by atoms with E-state index in [1.807, 2.05) is 25.7 Å². The topological polar surface area (TPSA) is 94.2 Å². The Hall–Kier alpha value is -2.35. The maximum Gasteiger partial charge on any atom is 0.251 e. The summed E-state index contributed by atoms with van der Waals surface area (Å²) in [7, 11) is 0. The molecule has 2 aromatic rings. The average molecular weight is 345 g/mol. The highest BCUT2D eigenvalue weighted by molar-refractivity contribution is 5.81. The molecule has 0 bridgehead atoms. The van der Waals surface area contributed by atoms with Crippen molar-refractivity contribution in [3.63, 3.8) is 0 Å². The standard InChI is InChI=1S/C17H23N5O3/c1-4-12(24-5-2)15(23)22-10-7-17(3,11-22)16-20-14(21-25-16)13-18-8-6-9-19-13/h6,8-9,12H,4-5,7,10-11H2,1-3H3. The number of hydrogen-bond acceptors (Lipinski definition) is 7. The van der Waals surface area contributed by atoms with E-state index in [2.05, 4.69) is 20.1 Å². The molecule has 2 atom stereocenters. The second-order valence-electron chi connectivity index (χ2n) is 6.42.